The van der Waals surface area contributed by atoms with Crippen molar-refractivity contribution in [3.8, 4) is 11.1 Å². The van der Waals surface area contributed by atoms with Gasteiger partial charge in [-0.3, -0.25) is 9.48 Å². The number of anilines is 1. The molecule has 2 rings (SSSR count). The van der Waals surface area contributed by atoms with Gasteiger partial charge in [0.05, 0.1) is 30.1 Å². The maximum Gasteiger partial charge on any atom is 0.417 e. The Bertz CT molecular complexity index is 753. The van der Waals surface area contributed by atoms with Gasteiger partial charge in [0, 0.05) is 18.8 Å². The number of amides is 1. The zero-order valence-corrected chi connectivity index (χ0v) is 12.1. The number of halogens is 3. The molecule has 0 fully saturated rings. The van der Waals surface area contributed by atoms with Gasteiger partial charge in [-0.15, -0.1) is 0 Å². The number of rotatable bonds is 4. The topological polar surface area (TPSA) is 73.2 Å². The molecule has 0 aliphatic heterocycles. The van der Waals surface area contributed by atoms with E-state index in [2.05, 4.69) is 15.2 Å². The molecule has 0 atom stereocenters. The van der Waals surface area contributed by atoms with Gasteiger partial charge in [0.1, 0.15) is 0 Å². The van der Waals surface area contributed by atoms with E-state index in [4.69, 9.17) is 0 Å². The highest BCUT2D eigenvalue weighted by Gasteiger charge is 2.35. The van der Waals surface area contributed by atoms with Crippen molar-refractivity contribution in [3.63, 3.8) is 0 Å². The highest BCUT2D eigenvalue weighted by molar-refractivity contribution is 5.99. The lowest BCUT2D eigenvalue weighted by atomic mass is 9.97. The largest absolute Gasteiger partial charge is 0.465 e. The summed E-state index contributed by atoms with van der Waals surface area (Å²) in [5.41, 5.74) is -1.52. The van der Waals surface area contributed by atoms with Gasteiger partial charge >= 0.3 is 12.1 Å². The van der Waals surface area contributed by atoms with Gasteiger partial charge in [-0.2, -0.15) is 18.3 Å². The first-order chi connectivity index (χ1) is 10.8. The number of carbonyl (C=O) groups is 2. The van der Waals surface area contributed by atoms with Crippen LogP contribution in [0.5, 0.6) is 0 Å². The second-order valence-electron chi connectivity index (χ2n) is 4.60. The third-order valence-corrected chi connectivity index (χ3v) is 3.10. The van der Waals surface area contributed by atoms with Crippen LogP contribution in [0.3, 0.4) is 0 Å². The molecule has 0 unspecified atom stereocenters. The molecular weight excluding hydrogens is 315 g/mol. The van der Waals surface area contributed by atoms with Crippen molar-refractivity contribution >= 4 is 18.1 Å². The van der Waals surface area contributed by atoms with Crippen molar-refractivity contribution in [2.75, 3.05) is 12.4 Å². The number of aryl methyl sites for hydroxylation is 1. The molecule has 23 heavy (non-hydrogen) atoms. The molecule has 9 heteroatoms. The van der Waals surface area contributed by atoms with E-state index in [1.165, 1.54) is 17.1 Å². The highest BCUT2D eigenvalue weighted by atomic mass is 19.4. The molecule has 0 aliphatic carbocycles. The SMILES string of the molecule is COC(=O)c1cc(-c2cnn(C)c2)c(C(F)(F)F)cc1NC=O. The molecule has 1 heterocycles. The number of hydrogen-bond acceptors (Lipinski definition) is 4. The van der Waals surface area contributed by atoms with E-state index in [1.807, 2.05) is 0 Å². The number of hydrogen-bond donors (Lipinski definition) is 1. The quantitative estimate of drug-likeness (QED) is 0.691. The summed E-state index contributed by atoms with van der Waals surface area (Å²) in [5.74, 6) is -0.867. The Morgan fingerprint density at radius 3 is 2.57 bits per heavy atom. The highest BCUT2D eigenvalue weighted by Crippen LogP contribution is 2.40. The number of nitrogens with one attached hydrogen (secondary N) is 1. The van der Waals surface area contributed by atoms with Gasteiger partial charge in [-0.1, -0.05) is 0 Å². The Morgan fingerprint density at radius 1 is 1.39 bits per heavy atom. The molecule has 122 valence electrons. The van der Waals surface area contributed by atoms with Crippen molar-refractivity contribution in [2.45, 2.75) is 6.18 Å². The first-order valence-electron chi connectivity index (χ1n) is 6.30. The van der Waals surface area contributed by atoms with Crippen molar-refractivity contribution in [1.82, 2.24) is 9.78 Å². The minimum Gasteiger partial charge on any atom is -0.465 e. The Hall–Kier alpha value is -2.84. The Balaban J connectivity index is 2.76. The molecule has 0 spiro atoms. The van der Waals surface area contributed by atoms with E-state index < -0.39 is 17.7 Å². The van der Waals surface area contributed by atoms with Crippen molar-refractivity contribution in [2.24, 2.45) is 7.05 Å². The molecule has 1 aromatic heterocycles. The van der Waals surface area contributed by atoms with E-state index >= 15 is 0 Å². The lowest BCUT2D eigenvalue weighted by Crippen LogP contribution is -2.13. The summed E-state index contributed by atoms with van der Waals surface area (Å²) in [6.45, 7) is 0. The van der Waals surface area contributed by atoms with Crippen LogP contribution in [-0.4, -0.2) is 29.3 Å². The number of alkyl halides is 3. The number of carbonyl (C=O) groups excluding carboxylic acids is 2. The first-order valence-corrected chi connectivity index (χ1v) is 6.30. The number of ether oxygens (including phenoxy) is 1. The van der Waals surface area contributed by atoms with Crippen LogP contribution in [0, 0.1) is 0 Å². The predicted octanol–water partition coefficient (Wildman–Crippen LogP) is 2.46. The van der Waals surface area contributed by atoms with Crippen LogP contribution in [0.1, 0.15) is 15.9 Å². The summed E-state index contributed by atoms with van der Waals surface area (Å²) in [6, 6.07) is 1.72. The second-order valence-corrected chi connectivity index (χ2v) is 4.60. The normalized spacial score (nSPS) is 11.2. The molecule has 1 aromatic carbocycles. The van der Waals surface area contributed by atoms with Gasteiger partial charge < -0.3 is 10.1 Å². The van der Waals surface area contributed by atoms with Crippen LogP contribution in [-0.2, 0) is 22.8 Å². The molecule has 0 saturated carbocycles. The first kappa shape index (κ1) is 16.5. The zero-order chi connectivity index (χ0) is 17.2. The van der Waals surface area contributed by atoms with E-state index in [0.29, 0.717) is 6.07 Å². The fourth-order valence-electron chi connectivity index (χ4n) is 2.10. The summed E-state index contributed by atoms with van der Waals surface area (Å²) in [4.78, 5) is 22.4. The van der Waals surface area contributed by atoms with Crippen LogP contribution >= 0.6 is 0 Å². The molecule has 2 aromatic rings. The van der Waals surface area contributed by atoms with E-state index in [1.54, 1.807) is 7.05 Å². The van der Waals surface area contributed by atoms with E-state index in [0.717, 1.165) is 13.2 Å². The minimum atomic E-state index is -4.68. The maximum atomic E-state index is 13.3. The molecular formula is C14H12F3N3O3. The van der Waals surface area contributed by atoms with Gasteiger partial charge in [-0.05, 0) is 17.7 Å². The summed E-state index contributed by atoms with van der Waals surface area (Å²) < 4.78 is 45.8. The Labute approximate surface area is 128 Å². The molecule has 6 nitrogen and oxygen atoms in total. The number of methoxy groups -OCH3 is 1. The molecule has 1 N–H and O–H groups in total. The third kappa shape index (κ3) is 3.33. The monoisotopic (exact) mass is 327 g/mol. The number of esters is 1. The standard InChI is InChI=1S/C14H12F3N3O3/c1-20-6-8(5-19-20)9-3-10(13(22)23-2)12(18-7-21)4-11(9)14(15,16)17/h3-7H,1-2H3,(H,18,21). The molecule has 0 aliphatic rings. The number of benzene rings is 1. The van der Waals surface area contributed by atoms with Crippen LogP contribution in [0.4, 0.5) is 18.9 Å². The van der Waals surface area contributed by atoms with Gasteiger partial charge in [0.15, 0.2) is 0 Å². The van der Waals surface area contributed by atoms with Crippen molar-refractivity contribution < 1.29 is 27.5 Å². The molecule has 1 amide bonds. The van der Waals surface area contributed by atoms with Crippen molar-refractivity contribution in [1.29, 1.82) is 0 Å². The maximum absolute atomic E-state index is 13.3. The van der Waals surface area contributed by atoms with Crippen LogP contribution in [0.2, 0.25) is 0 Å². The van der Waals surface area contributed by atoms with Gasteiger partial charge in [0.25, 0.3) is 0 Å². The lowest BCUT2D eigenvalue weighted by Gasteiger charge is -2.16. The fraction of sp³-hybridized carbons (Fsp3) is 0.214. The van der Waals surface area contributed by atoms with E-state index in [-0.39, 0.29) is 28.8 Å². The third-order valence-electron chi connectivity index (χ3n) is 3.10. The second kappa shape index (κ2) is 6.11. The zero-order valence-electron chi connectivity index (χ0n) is 12.1. The van der Waals surface area contributed by atoms with Crippen LogP contribution in [0.25, 0.3) is 11.1 Å². The summed E-state index contributed by atoms with van der Waals surface area (Å²) in [5, 5.41) is 5.92. The summed E-state index contributed by atoms with van der Waals surface area (Å²) in [7, 11) is 2.65. The smallest absolute Gasteiger partial charge is 0.417 e. The molecule has 0 radical (unpaired) electrons. The fourth-order valence-corrected chi connectivity index (χ4v) is 2.10. The van der Waals surface area contributed by atoms with E-state index in [9.17, 15) is 22.8 Å². The van der Waals surface area contributed by atoms with Crippen molar-refractivity contribution in [3.05, 3.63) is 35.7 Å². The average molecular weight is 327 g/mol. The van der Waals surface area contributed by atoms with Gasteiger partial charge in [0.2, 0.25) is 6.41 Å². The number of aromatic nitrogens is 2. The Kier molecular flexibility index (Phi) is 4.39. The minimum absolute atomic E-state index is 0.183. The average Bonchev–Trinajstić information content (AvgIpc) is 2.92. The number of nitrogens with zero attached hydrogens (tertiary/aromatic N) is 2. The lowest BCUT2D eigenvalue weighted by molar-refractivity contribution is -0.137. The predicted molar refractivity (Wildman–Crippen MR) is 74.7 cm³/mol. The Morgan fingerprint density at radius 2 is 2.09 bits per heavy atom. The summed E-state index contributed by atoms with van der Waals surface area (Å²) >= 11 is 0. The molecule has 0 saturated heterocycles. The van der Waals surface area contributed by atoms with Crippen LogP contribution in [0.15, 0.2) is 24.5 Å². The van der Waals surface area contributed by atoms with Crippen LogP contribution < -0.4 is 5.32 Å². The summed E-state index contributed by atoms with van der Waals surface area (Å²) in [6.07, 6.45) is -1.86. The molecule has 0 bridgehead atoms. The van der Waals surface area contributed by atoms with Gasteiger partial charge in [-0.25, -0.2) is 4.79 Å².